The lowest BCUT2D eigenvalue weighted by Crippen LogP contribution is -2.60. The number of para-hydroxylation sites is 1. The van der Waals surface area contributed by atoms with E-state index in [1.54, 1.807) is 0 Å². The molecule has 15 rings (SSSR count). The summed E-state index contributed by atoms with van der Waals surface area (Å²) < 4.78 is 12.7. The topological polar surface area (TPSA) is 24.6 Å². The lowest BCUT2D eigenvalue weighted by atomic mass is 9.43. The van der Waals surface area contributed by atoms with Crippen molar-refractivity contribution in [3.8, 4) is 16.8 Å². The fraction of sp³-hybridized carbons (Fsp3) is 0.308. The first kappa shape index (κ1) is 53.2. The fourth-order valence-corrected chi connectivity index (χ4v) is 15.9. The molecule has 0 spiro atoms. The molecule has 0 saturated carbocycles. The van der Waals surface area contributed by atoms with Crippen molar-refractivity contribution >= 4 is 121 Å². The van der Waals surface area contributed by atoms with Gasteiger partial charge in [-0.25, -0.2) is 0 Å². The number of hydrogen-bond acceptors (Lipinski definition) is 4. The van der Waals surface area contributed by atoms with Crippen LogP contribution in [0.15, 0.2) is 162 Å². The van der Waals surface area contributed by atoms with Crippen molar-refractivity contribution in [2.24, 2.45) is 0 Å². The SMILES string of the molecule is CC(C)(C)c1ccc(N2B3c4cc(C(C)(C)C)ccc4-n4c5cc6c(cc5c5c7c(oc8ccccc87)c(c3c54)-c3cc4c(cc32)sc2cc(N(c3ccc(C(C)(C)C)cc3)c3ccc(C(C)(C)C)cc3)ccc24)C(C)(C)CCC6(C)C)cc1. The van der Waals surface area contributed by atoms with Gasteiger partial charge >= 0.3 is 6.85 Å². The second-order valence-corrected chi connectivity index (χ2v) is 31.6. The van der Waals surface area contributed by atoms with Crippen molar-refractivity contribution in [1.29, 1.82) is 0 Å². The van der Waals surface area contributed by atoms with Gasteiger partial charge in [0.1, 0.15) is 11.2 Å². The molecule has 3 aliphatic rings. The molecule has 0 atom stereocenters. The van der Waals surface area contributed by atoms with E-state index in [-0.39, 0.29) is 39.3 Å². The van der Waals surface area contributed by atoms with Crippen LogP contribution in [0.25, 0.3) is 80.7 Å². The Morgan fingerprint density at radius 1 is 0.488 bits per heavy atom. The summed E-state index contributed by atoms with van der Waals surface area (Å²) in [5.74, 6) is 0. The number of anilines is 5. The number of benzene rings is 9. The molecule has 84 heavy (non-hydrogen) atoms. The number of rotatable bonds is 4. The van der Waals surface area contributed by atoms with Gasteiger partial charge in [-0.1, -0.05) is 184 Å². The quantitative estimate of drug-likeness (QED) is 0.164. The zero-order chi connectivity index (χ0) is 58.7. The van der Waals surface area contributed by atoms with Gasteiger partial charge in [0.15, 0.2) is 0 Å². The number of thiophene rings is 1. The monoisotopic (exact) mass is 1120 g/mol. The Kier molecular flexibility index (Phi) is 11.1. The largest absolute Gasteiger partial charge is 0.455 e. The molecule has 0 fully saturated rings. The molecule has 6 heteroatoms. The van der Waals surface area contributed by atoms with Crippen molar-refractivity contribution < 1.29 is 4.42 Å². The van der Waals surface area contributed by atoms with E-state index in [1.807, 2.05) is 11.3 Å². The van der Waals surface area contributed by atoms with Crippen LogP contribution in [0.1, 0.15) is 157 Å². The van der Waals surface area contributed by atoms with Crippen LogP contribution in [0.3, 0.4) is 0 Å². The first-order valence-corrected chi connectivity index (χ1v) is 31.5. The molecule has 4 nitrogen and oxygen atoms in total. The molecular weight excluding hydrogens is 1040 g/mol. The van der Waals surface area contributed by atoms with Crippen LogP contribution in [-0.4, -0.2) is 11.4 Å². The molecule has 12 aromatic rings. The molecule has 1 aliphatic carbocycles. The van der Waals surface area contributed by atoms with Gasteiger partial charge in [0, 0.05) is 87.0 Å². The zero-order valence-corrected chi connectivity index (χ0v) is 53.0. The maximum atomic E-state index is 7.52. The van der Waals surface area contributed by atoms with Crippen molar-refractivity contribution in [2.45, 2.75) is 156 Å². The van der Waals surface area contributed by atoms with E-state index >= 15 is 0 Å². The second-order valence-electron chi connectivity index (χ2n) is 30.5. The number of aromatic nitrogens is 1. The molecule has 0 saturated heterocycles. The van der Waals surface area contributed by atoms with Gasteiger partial charge in [-0.05, 0) is 175 Å². The molecule has 5 heterocycles. The van der Waals surface area contributed by atoms with Crippen molar-refractivity contribution in [1.82, 2.24) is 4.57 Å². The third kappa shape index (κ3) is 7.84. The Bertz CT molecular complexity index is 4690. The molecule has 9 aromatic carbocycles. The Morgan fingerprint density at radius 3 is 1.64 bits per heavy atom. The molecular formula is C78H78BN3OS. The molecule has 0 N–H and O–H groups in total. The van der Waals surface area contributed by atoms with Crippen molar-refractivity contribution in [3.63, 3.8) is 0 Å². The highest BCUT2D eigenvalue weighted by molar-refractivity contribution is 7.26. The van der Waals surface area contributed by atoms with Gasteiger partial charge in [0.05, 0.1) is 11.0 Å². The van der Waals surface area contributed by atoms with Crippen LogP contribution in [0.2, 0.25) is 0 Å². The molecule has 3 aromatic heterocycles. The summed E-state index contributed by atoms with van der Waals surface area (Å²) in [6.07, 6.45) is 2.30. The third-order valence-corrected chi connectivity index (χ3v) is 21.0. The number of furan rings is 1. The smallest absolute Gasteiger partial charge is 0.333 e. The minimum atomic E-state index is -0.175. The van der Waals surface area contributed by atoms with Gasteiger partial charge < -0.3 is 18.7 Å². The maximum Gasteiger partial charge on any atom is 0.333 e. The van der Waals surface area contributed by atoms with Crippen LogP contribution >= 0.6 is 11.3 Å². The van der Waals surface area contributed by atoms with E-state index in [0.717, 1.165) is 41.1 Å². The maximum absolute atomic E-state index is 7.52. The molecule has 2 aliphatic heterocycles. The third-order valence-electron chi connectivity index (χ3n) is 19.9. The predicted octanol–water partition coefficient (Wildman–Crippen LogP) is 21.3. The van der Waals surface area contributed by atoms with Gasteiger partial charge in [-0.15, -0.1) is 11.3 Å². The fourth-order valence-electron chi connectivity index (χ4n) is 14.8. The van der Waals surface area contributed by atoms with Crippen molar-refractivity contribution in [3.05, 3.63) is 191 Å². The lowest BCUT2D eigenvalue weighted by Gasteiger charge is -2.43. The molecule has 0 bridgehead atoms. The van der Waals surface area contributed by atoms with Gasteiger partial charge in [-0.2, -0.15) is 0 Å². The van der Waals surface area contributed by atoms with Crippen LogP contribution in [0, 0.1) is 0 Å². The molecule has 420 valence electrons. The van der Waals surface area contributed by atoms with E-state index < -0.39 is 0 Å². The summed E-state index contributed by atoms with van der Waals surface area (Å²) in [4.78, 5) is 5.17. The predicted molar refractivity (Wildman–Crippen MR) is 365 cm³/mol. The Morgan fingerprint density at radius 2 is 1.04 bits per heavy atom. The summed E-state index contributed by atoms with van der Waals surface area (Å²) in [5.41, 5.74) is 24.9. The first-order chi connectivity index (χ1) is 39.7. The minimum absolute atomic E-state index is 0.00426. The van der Waals surface area contributed by atoms with E-state index in [4.69, 9.17) is 4.42 Å². The van der Waals surface area contributed by atoms with E-state index in [1.165, 1.54) is 125 Å². The number of fused-ring (bicyclic) bond motifs is 17. The van der Waals surface area contributed by atoms with E-state index in [9.17, 15) is 0 Å². The minimum Gasteiger partial charge on any atom is -0.455 e. The summed E-state index contributed by atoms with van der Waals surface area (Å²) in [6, 6.07) is 61.8. The highest BCUT2D eigenvalue weighted by atomic mass is 32.1. The number of nitrogens with zero attached hydrogens (tertiary/aromatic N) is 3. The highest BCUT2D eigenvalue weighted by Gasteiger charge is 2.48. The Labute approximate surface area is 501 Å². The molecule has 0 unspecified atom stereocenters. The van der Waals surface area contributed by atoms with Gasteiger partial charge in [-0.3, -0.25) is 0 Å². The Balaban J connectivity index is 1.06. The lowest BCUT2D eigenvalue weighted by molar-refractivity contribution is 0.332. The molecule has 0 amide bonds. The average molecular weight is 1120 g/mol. The summed E-state index contributed by atoms with van der Waals surface area (Å²) in [6.45, 7) is 37.5. The van der Waals surface area contributed by atoms with Gasteiger partial charge in [0.25, 0.3) is 0 Å². The normalized spacial score (nSPS) is 15.7. The summed E-state index contributed by atoms with van der Waals surface area (Å²) in [7, 11) is 0. The zero-order valence-electron chi connectivity index (χ0n) is 52.2. The molecule has 0 radical (unpaired) electrons. The van der Waals surface area contributed by atoms with E-state index in [0.29, 0.717) is 0 Å². The highest BCUT2D eigenvalue weighted by Crippen LogP contribution is 2.56. The average Bonchev–Trinajstić information content (AvgIpc) is 1.43. The van der Waals surface area contributed by atoms with Crippen LogP contribution < -0.4 is 20.6 Å². The van der Waals surface area contributed by atoms with Crippen LogP contribution in [-0.2, 0) is 32.5 Å². The second kappa shape index (κ2) is 17.5. The standard InChI is InChI=1S/C78H78BN3OS/c1-73(2,3)45-21-28-49(29-22-45)80(50-30-23-46(24-31-50)74(4,5)6)52-34-35-53-55-41-56-63(44-66(55)84-65(53)40-52)82(51-32-25-47(26-33-51)75(7,8)9)79-60-39-48(76(10,11)12)27-36-61(60)81-62-43-59-58(77(13,14)37-38-78(59,15)16)42-57(62)67-68-54-19-17-18-20-64(54)83-72(68)69(56)70(79)71(67)81/h17-36,39-44H,37-38H2,1-16H3. The van der Waals surface area contributed by atoms with E-state index in [2.05, 4.69) is 283 Å². The Hall–Kier alpha value is -7.54. The van der Waals surface area contributed by atoms with Gasteiger partial charge in [0.2, 0.25) is 0 Å². The van der Waals surface area contributed by atoms with Crippen molar-refractivity contribution in [2.75, 3.05) is 9.71 Å². The van der Waals surface area contributed by atoms with Crippen LogP contribution in [0.4, 0.5) is 28.4 Å². The summed E-state index contributed by atoms with van der Waals surface area (Å²) in [5, 5.41) is 7.51. The first-order valence-electron chi connectivity index (χ1n) is 30.7. The number of hydrogen-bond donors (Lipinski definition) is 0. The summed E-state index contributed by atoms with van der Waals surface area (Å²) >= 11 is 1.91. The van der Waals surface area contributed by atoms with Crippen LogP contribution in [0.5, 0.6) is 0 Å².